The molecule has 1 atom stereocenters. The molecule has 0 aliphatic rings. The van der Waals surface area contributed by atoms with Gasteiger partial charge in [-0.05, 0) is 0 Å². The van der Waals surface area contributed by atoms with Crippen LogP contribution in [0.2, 0.25) is 0 Å². The first kappa shape index (κ1) is 53.6. The summed E-state index contributed by atoms with van der Waals surface area (Å²) in [6.07, 6.45) is -50.4. The van der Waals surface area contributed by atoms with Crippen LogP contribution in [0.25, 0.3) is 0 Å². The summed E-state index contributed by atoms with van der Waals surface area (Å²) < 4.78 is 480. The van der Waals surface area contributed by atoms with Gasteiger partial charge < -0.3 is 4.43 Å². The summed E-state index contributed by atoms with van der Waals surface area (Å²) in [7, 11) is -10.8. The van der Waals surface area contributed by atoms with E-state index in [0.29, 0.717) is 0 Å². The number of hydrogen-bond acceptors (Lipinski definition) is 3. The normalized spacial score (nSPS) is 18.0. The van der Waals surface area contributed by atoms with Crippen molar-refractivity contribution in [1.29, 1.82) is 0 Å². The van der Waals surface area contributed by atoms with Gasteiger partial charge >= 0.3 is 105 Å². The molecule has 0 radical (unpaired) electrons. The molecule has 0 aromatic rings. The Bertz CT molecular complexity index is 1370. The molecule has 0 fully saturated rings. The van der Waals surface area contributed by atoms with Gasteiger partial charge in [0.25, 0.3) is 0 Å². The molecule has 0 aliphatic carbocycles. The first-order chi connectivity index (χ1) is 23.4. The summed E-state index contributed by atoms with van der Waals surface area (Å²) in [5.74, 6) is -99.4. The number of hydrogen-bond donors (Lipinski definition) is 0. The zero-order chi connectivity index (χ0) is 46.6. The molecule has 0 rings (SSSR count). The quantitative estimate of drug-likeness (QED) is 0.0930. The summed E-state index contributed by atoms with van der Waals surface area (Å²) in [5, 5.41) is 0. The van der Waals surface area contributed by atoms with E-state index in [2.05, 4.69) is 0 Å². The molecule has 40 heteroatoms. The van der Waals surface area contributed by atoms with Crippen LogP contribution in [0.3, 0.4) is 0 Å². The maximum Gasteiger partial charge on any atom is 0.732 e. The molecule has 1 unspecified atom stereocenters. The average Bonchev–Trinajstić information content (AvgIpc) is 2.88. The van der Waals surface area contributed by atoms with E-state index >= 15 is 0 Å². The van der Waals surface area contributed by atoms with Crippen LogP contribution in [-0.2, 0) is 13.3 Å². The first-order valence-corrected chi connectivity index (χ1v) is 12.9. The van der Waals surface area contributed by atoms with Gasteiger partial charge in [-0.3, -0.25) is 8.85 Å². The van der Waals surface area contributed by atoms with E-state index in [1.807, 2.05) is 0 Å². The van der Waals surface area contributed by atoms with Gasteiger partial charge in [-0.25, -0.2) is 4.11 Å². The first-order valence-electron chi connectivity index (χ1n) is 11.3. The Labute approximate surface area is 277 Å². The fourth-order valence-corrected chi connectivity index (χ4v) is 4.26. The minimum atomic E-state index is -10.8. The Morgan fingerprint density at radius 3 is 0.589 bits per heavy atom. The van der Waals surface area contributed by atoms with E-state index in [1.54, 1.807) is 0 Å². The third kappa shape index (κ3) is 7.51. The van der Waals surface area contributed by atoms with Crippen molar-refractivity contribution in [3.63, 3.8) is 0 Å². The molecular weight excluding hydrogens is 952 g/mol. The minimum absolute atomic E-state index is 0.955. The maximum atomic E-state index is 14.5. The SMILES string of the molecule is FC(F)(F)C(F)(F)O[Si](F)(OC(F)(F)C(F)(F)F)OC(F)(C(F)(F)F)C(F)(F)C(F)(F)C(F)(F)C(F)(F)C(F)(F)C(F)(F)C(F)(F)C(F)(F)C(F)(F)C(F)(F)F. The lowest BCUT2D eigenvalue weighted by Crippen LogP contribution is -2.79. The van der Waals surface area contributed by atoms with Crippen LogP contribution in [0.15, 0.2) is 0 Å². The highest BCUT2D eigenvalue weighted by atomic mass is 28.4. The lowest BCUT2D eigenvalue weighted by Gasteiger charge is -2.46. The molecule has 0 aromatic heterocycles. The molecule has 0 aliphatic heterocycles. The Morgan fingerprint density at radius 1 is 0.214 bits per heavy atom. The summed E-state index contributed by atoms with van der Waals surface area (Å²) in [6.45, 7) is 0. The Hall–Kier alpha value is -2.42. The molecule has 0 amide bonds. The van der Waals surface area contributed by atoms with E-state index < -0.39 is 105 Å². The van der Waals surface area contributed by atoms with E-state index in [0.717, 1.165) is 13.3 Å². The number of alkyl halides is 35. The Balaban J connectivity index is 8.08. The molecule has 0 saturated heterocycles. The van der Waals surface area contributed by atoms with Crippen molar-refractivity contribution in [3.8, 4) is 0 Å². The van der Waals surface area contributed by atoms with Crippen LogP contribution in [0.5, 0.6) is 0 Å². The van der Waals surface area contributed by atoms with Gasteiger partial charge in [0.15, 0.2) is 0 Å². The molecule has 0 bridgehead atoms. The summed E-state index contributed by atoms with van der Waals surface area (Å²) in [6, 6.07) is 0. The molecule has 0 heterocycles. The van der Waals surface area contributed by atoms with Gasteiger partial charge in [0.2, 0.25) is 0 Å². The highest BCUT2D eigenvalue weighted by Crippen LogP contribution is 2.68. The molecule has 0 N–H and O–H groups in total. The van der Waals surface area contributed by atoms with E-state index in [-0.39, 0.29) is 0 Å². The van der Waals surface area contributed by atoms with Gasteiger partial charge in [-0.2, -0.15) is 154 Å². The van der Waals surface area contributed by atoms with E-state index in [1.165, 1.54) is 0 Å². The van der Waals surface area contributed by atoms with Crippen molar-refractivity contribution >= 4 is 9.14 Å². The largest absolute Gasteiger partial charge is 0.732 e. The topological polar surface area (TPSA) is 27.7 Å². The van der Waals surface area contributed by atoms with Crippen LogP contribution in [0.4, 0.5) is 158 Å². The van der Waals surface area contributed by atoms with Crippen LogP contribution < -0.4 is 0 Å². The summed E-state index contributed by atoms with van der Waals surface area (Å²) >= 11 is 0. The minimum Gasteiger partial charge on any atom is -0.301 e. The molecule has 0 aromatic carbocycles. The fraction of sp³-hybridized carbons (Fsp3) is 1.00. The van der Waals surface area contributed by atoms with Crippen LogP contribution in [0.1, 0.15) is 0 Å². The fourth-order valence-electron chi connectivity index (χ4n) is 2.71. The van der Waals surface area contributed by atoms with Crippen LogP contribution in [0, 0.1) is 0 Å². The van der Waals surface area contributed by atoms with Gasteiger partial charge in [0, 0.05) is 0 Å². The van der Waals surface area contributed by atoms with Gasteiger partial charge in [0.1, 0.15) is 0 Å². The lowest BCUT2D eigenvalue weighted by atomic mass is 9.85. The van der Waals surface area contributed by atoms with Crippen LogP contribution in [-0.4, -0.2) is 105 Å². The zero-order valence-corrected chi connectivity index (χ0v) is 24.3. The second kappa shape index (κ2) is 13.3. The lowest BCUT2D eigenvalue weighted by molar-refractivity contribution is -0.492. The smallest absolute Gasteiger partial charge is 0.301 e. The third-order valence-corrected chi connectivity index (χ3v) is 7.23. The van der Waals surface area contributed by atoms with Crippen molar-refractivity contribution in [2.24, 2.45) is 0 Å². The monoisotopic (exact) mass is 952 g/mol. The molecule has 0 spiro atoms. The second-order valence-electron chi connectivity index (χ2n) is 9.58. The molecule has 3 nitrogen and oxygen atoms in total. The van der Waals surface area contributed by atoms with Crippen molar-refractivity contribution < 1.29 is 171 Å². The molecule has 56 heavy (non-hydrogen) atoms. The molecule has 338 valence electrons. The van der Waals surface area contributed by atoms with E-state index in [4.69, 9.17) is 0 Å². The average molecular weight is 952 g/mol. The number of rotatable bonds is 15. The van der Waals surface area contributed by atoms with Crippen molar-refractivity contribution in [1.82, 2.24) is 0 Å². The predicted molar refractivity (Wildman–Crippen MR) is 92.6 cm³/mol. The van der Waals surface area contributed by atoms with Crippen molar-refractivity contribution in [2.75, 3.05) is 0 Å². The maximum absolute atomic E-state index is 14.5. The molecule has 0 saturated carbocycles. The predicted octanol–water partition coefficient (Wildman–Crippen LogP) is 11.3. The summed E-state index contributed by atoms with van der Waals surface area (Å²) in [5.41, 5.74) is 0. The van der Waals surface area contributed by atoms with Crippen LogP contribution >= 0.6 is 0 Å². The van der Waals surface area contributed by atoms with Gasteiger partial charge in [-0.1, -0.05) is 0 Å². The standard InChI is InChI=1S/C16F36O3Si/c17-1(18,3(21,22)5(25,26)7(29,30)9(33,34)11(36,37)38)2(19,20)4(23,24)6(27,28)8(31,32)10(35,12(39,40)41)53-56(52,54-15(48,49)13(42,43)44)55-16(50,51)14(45,46)47. The van der Waals surface area contributed by atoms with E-state index in [9.17, 15) is 158 Å². The molecular formula is C16F36O3Si. The highest BCUT2D eigenvalue weighted by Gasteiger charge is 3.00. The zero-order valence-electron chi connectivity index (χ0n) is 23.3. The Kier molecular flexibility index (Phi) is 12.7. The highest BCUT2D eigenvalue weighted by molar-refractivity contribution is 6.53. The van der Waals surface area contributed by atoms with Gasteiger partial charge in [-0.15, -0.1) is 0 Å². The van der Waals surface area contributed by atoms with Crippen molar-refractivity contribution in [2.45, 2.75) is 96.1 Å². The third-order valence-electron chi connectivity index (χ3n) is 5.70. The van der Waals surface area contributed by atoms with Crippen molar-refractivity contribution in [3.05, 3.63) is 0 Å². The summed E-state index contributed by atoms with van der Waals surface area (Å²) in [4.78, 5) is 0. The number of halogens is 36. The second-order valence-corrected chi connectivity index (χ2v) is 11.2. The van der Waals surface area contributed by atoms with Gasteiger partial charge in [0.05, 0.1) is 0 Å². The Morgan fingerprint density at radius 2 is 0.411 bits per heavy atom.